The van der Waals surface area contributed by atoms with Crippen LogP contribution in [-0.2, 0) is 4.74 Å². The van der Waals surface area contributed by atoms with Crippen molar-refractivity contribution in [2.45, 2.75) is 32.4 Å². The number of nitrogens with zero attached hydrogens (tertiary/aromatic N) is 1. The number of hydrogen-bond acceptors (Lipinski definition) is 3. The zero-order chi connectivity index (χ0) is 13.8. The van der Waals surface area contributed by atoms with Crippen LogP contribution in [0.1, 0.15) is 29.2 Å². The molecule has 0 aromatic heterocycles. The first-order valence-corrected chi connectivity index (χ1v) is 7.14. The molecule has 1 aliphatic rings. The molecule has 1 aromatic rings. The number of nitrogens with one attached hydrogen (secondary N) is 1. The Morgan fingerprint density at radius 1 is 1.32 bits per heavy atom. The Bertz CT molecular complexity index is 411. The van der Waals surface area contributed by atoms with Crippen LogP contribution in [0.25, 0.3) is 0 Å². The van der Waals surface area contributed by atoms with Crippen LogP contribution < -0.4 is 5.32 Å². The minimum atomic E-state index is 0.322. The smallest absolute Gasteiger partial charge is 0.0718 e. The topological polar surface area (TPSA) is 24.5 Å². The van der Waals surface area contributed by atoms with E-state index in [1.807, 2.05) is 0 Å². The Labute approximate surface area is 116 Å². The Kier molecular flexibility index (Phi) is 4.97. The van der Waals surface area contributed by atoms with Crippen molar-refractivity contribution in [3.8, 4) is 0 Å². The Morgan fingerprint density at radius 3 is 2.68 bits per heavy atom. The fourth-order valence-corrected chi connectivity index (χ4v) is 2.64. The van der Waals surface area contributed by atoms with Crippen molar-refractivity contribution in [3.63, 3.8) is 0 Å². The fraction of sp³-hybridized carbons (Fsp3) is 0.625. The van der Waals surface area contributed by atoms with E-state index in [4.69, 9.17) is 4.74 Å². The van der Waals surface area contributed by atoms with Gasteiger partial charge in [0.2, 0.25) is 0 Å². The molecule has 1 N–H and O–H groups in total. The summed E-state index contributed by atoms with van der Waals surface area (Å²) < 4.78 is 5.84. The van der Waals surface area contributed by atoms with Gasteiger partial charge in [0.1, 0.15) is 0 Å². The van der Waals surface area contributed by atoms with Crippen LogP contribution in [0, 0.1) is 13.8 Å². The van der Waals surface area contributed by atoms with Gasteiger partial charge in [0.15, 0.2) is 0 Å². The van der Waals surface area contributed by atoms with Crippen molar-refractivity contribution < 1.29 is 4.74 Å². The van der Waals surface area contributed by atoms with E-state index in [0.29, 0.717) is 12.1 Å². The van der Waals surface area contributed by atoms with Gasteiger partial charge in [0.25, 0.3) is 0 Å². The summed E-state index contributed by atoms with van der Waals surface area (Å²) >= 11 is 0. The lowest BCUT2D eigenvalue weighted by Crippen LogP contribution is -2.40. The molecular formula is C16H26N2O. The molecule has 1 aromatic carbocycles. The maximum Gasteiger partial charge on any atom is 0.0718 e. The van der Waals surface area contributed by atoms with Crippen LogP contribution in [0.15, 0.2) is 18.2 Å². The lowest BCUT2D eigenvalue weighted by Gasteiger charge is -2.31. The quantitative estimate of drug-likeness (QED) is 0.901. The van der Waals surface area contributed by atoms with Gasteiger partial charge in [-0.05, 0) is 51.1 Å². The first-order chi connectivity index (χ1) is 9.08. The summed E-state index contributed by atoms with van der Waals surface area (Å²) in [6.45, 7) is 7.13. The Morgan fingerprint density at radius 2 is 2.11 bits per heavy atom. The maximum atomic E-state index is 5.84. The summed E-state index contributed by atoms with van der Waals surface area (Å²) in [6.07, 6.45) is 1.37. The number of morpholine rings is 1. The second-order valence-corrected chi connectivity index (χ2v) is 5.76. The van der Waals surface area contributed by atoms with Crippen molar-refractivity contribution in [1.29, 1.82) is 0 Å². The predicted molar refractivity (Wildman–Crippen MR) is 79.6 cm³/mol. The van der Waals surface area contributed by atoms with Crippen molar-refractivity contribution in [2.75, 3.05) is 33.8 Å². The molecule has 0 bridgehead atoms. The van der Waals surface area contributed by atoms with E-state index in [0.717, 1.165) is 26.1 Å². The molecule has 106 valence electrons. The van der Waals surface area contributed by atoms with Gasteiger partial charge in [-0.25, -0.2) is 0 Å². The van der Waals surface area contributed by atoms with Gasteiger partial charge in [-0.15, -0.1) is 0 Å². The molecular weight excluding hydrogens is 236 g/mol. The van der Waals surface area contributed by atoms with E-state index in [1.54, 1.807) is 0 Å². The van der Waals surface area contributed by atoms with Gasteiger partial charge in [0.05, 0.1) is 12.7 Å². The normalized spacial score (nSPS) is 21.6. The molecule has 0 saturated carbocycles. The summed E-state index contributed by atoms with van der Waals surface area (Å²) in [5, 5.41) is 3.41. The first kappa shape index (κ1) is 14.5. The highest BCUT2D eigenvalue weighted by molar-refractivity contribution is 5.31. The number of rotatable bonds is 4. The highest BCUT2D eigenvalue weighted by Gasteiger charge is 2.22. The summed E-state index contributed by atoms with van der Waals surface area (Å²) in [7, 11) is 4.30. The number of aryl methyl sites for hydroxylation is 2. The molecule has 1 heterocycles. The number of ether oxygens (including phenoxy) is 1. The van der Waals surface area contributed by atoms with Crippen LogP contribution in [0.2, 0.25) is 0 Å². The van der Waals surface area contributed by atoms with Gasteiger partial charge in [-0.2, -0.15) is 0 Å². The number of hydrogen-bond donors (Lipinski definition) is 1. The molecule has 0 spiro atoms. The molecule has 2 unspecified atom stereocenters. The van der Waals surface area contributed by atoms with Crippen LogP contribution in [0.5, 0.6) is 0 Å². The van der Waals surface area contributed by atoms with Crippen molar-refractivity contribution in [3.05, 3.63) is 34.9 Å². The van der Waals surface area contributed by atoms with Crippen LogP contribution in [0.3, 0.4) is 0 Å². The van der Waals surface area contributed by atoms with Crippen LogP contribution in [-0.4, -0.2) is 44.8 Å². The molecule has 0 amide bonds. The largest absolute Gasteiger partial charge is 0.376 e. The van der Waals surface area contributed by atoms with Crippen LogP contribution >= 0.6 is 0 Å². The molecule has 19 heavy (non-hydrogen) atoms. The van der Waals surface area contributed by atoms with Crippen molar-refractivity contribution in [2.24, 2.45) is 0 Å². The van der Waals surface area contributed by atoms with Crippen molar-refractivity contribution in [1.82, 2.24) is 10.2 Å². The third-order valence-corrected chi connectivity index (χ3v) is 4.03. The maximum absolute atomic E-state index is 5.84. The van der Waals surface area contributed by atoms with E-state index < -0.39 is 0 Å². The minimum absolute atomic E-state index is 0.322. The molecule has 3 heteroatoms. The molecule has 0 aliphatic carbocycles. The van der Waals surface area contributed by atoms with Gasteiger partial charge < -0.3 is 15.0 Å². The van der Waals surface area contributed by atoms with Gasteiger partial charge >= 0.3 is 0 Å². The lowest BCUT2D eigenvalue weighted by molar-refractivity contribution is 0.00894. The minimum Gasteiger partial charge on any atom is -0.376 e. The third-order valence-electron chi connectivity index (χ3n) is 4.03. The van der Waals surface area contributed by atoms with Gasteiger partial charge in [-0.1, -0.05) is 18.2 Å². The Hall–Kier alpha value is -0.900. The van der Waals surface area contributed by atoms with Crippen LogP contribution in [0.4, 0.5) is 0 Å². The van der Waals surface area contributed by atoms with E-state index in [-0.39, 0.29) is 0 Å². The molecule has 0 radical (unpaired) electrons. The number of benzene rings is 1. The summed E-state index contributed by atoms with van der Waals surface area (Å²) in [5.41, 5.74) is 4.12. The van der Waals surface area contributed by atoms with E-state index in [1.165, 1.54) is 16.7 Å². The zero-order valence-electron chi connectivity index (χ0n) is 12.6. The lowest BCUT2D eigenvalue weighted by atomic mass is 9.96. The molecule has 2 rings (SSSR count). The Balaban J connectivity index is 2.12. The average Bonchev–Trinajstić information content (AvgIpc) is 2.40. The second kappa shape index (κ2) is 6.51. The highest BCUT2D eigenvalue weighted by Crippen LogP contribution is 2.26. The summed E-state index contributed by atoms with van der Waals surface area (Å²) in [5.74, 6) is 0. The van der Waals surface area contributed by atoms with E-state index in [2.05, 4.69) is 56.4 Å². The average molecular weight is 262 g/mol. The standard InChI is InChI=1S/C16H26N2O/c1-12-5-6-14(9-13(12)2)16(18(3)4)10-15-11-17-7-8-19-15/h5-6,9,15-17H,7-8,10-11H2,1-4H3. The van der Waals surface area contributed by atoms with E-state index >= 15 is 0 Å². The fourth-order valence-electron chi connectivity index (χ4n) is 2.64. The molecule has 3 nitrogen and oxygen atoms in total. The SMILES string of the molecule is Cc1ccc(C(CC2CNCCO2)N(C)C)cc1C. The molecule has 1 fully saturated rings. The van der Waals surface area contributed by atoms with Crippen molar-refractivity contribution >= 4 is 0 Å². The first-order valence-electron chi connectivity index (χ1n) is 7.14. The summed E-state index contributed by atoms with van der Waals surface area (Å²) in [6, 6.07) is 7.21. The van der Waals surface area contributed by atoms with Gasteiger partial charge in [-0.3, -0.25) is 0 Å². The predicted octanol–water partition coefficient (Wildman–Crippen LogP) is 2.28. The molecule has 1 saturated heterocycles. The van der Waals surface area contributed by atoms with Gasteiger partial charge in [0, 0.05) is 19.1 Å². The zero-order valence-corrected chi connectivity index (χ0v) is 12.6. The summed E-state index contributed by atoms with van der Waals surface area (Å²) in [4.78, 5) is 2.29. The van der Waals surface area contributed by atoms with E-state index in [9.17, 15) is 0 Å². The highest BCUT2D eigenvalue weighted by atomic mass is 16.5. The molecule has 2 atom stereocenters. The second-order valence-electron chi connectivity index (χ2n) is 5.76. The molecule has 1 aliphatic heterocycles. The third kappa shape index (κ3) is 3.78. The monoisotopic (exact) mass is 262 g/mol.